The van der Waals surface area contributed by atoms with Crippen LogP contribution in [0.4, 0.5) is 10.8 Å². The zero-order valence-corrected chi connectivity index (χ0v) is 12.2. The zero-order valence-electron chi connectivity index (χ0n) is 10.6. The first-order valence-electron chi connectivity index (χ1n) is 5.65. The second-order valence-corrected chi connectivity index (χ2v) is 6.94. The minimum atomic E-state index is -3.73. The number of nitrogens with two attached hydrogens (primary N) is 1. The molecule has 2 aromatic rings. The molecular weight excluding hydrogens is 296 g/mol. The summed E-state index contributed by atoms with van der Waals surface area (Å²) in [7, 11) is -3.73. The van der Waals surface area contributed by atoms with Gasteiger partial charge in [-0.3, -0.25) is 4.72 Å². The Morgan fingerprint density at radius 1 is 1.50 bits per heavy atom. The molecule has 0 spiro atoms. The Balaban J connectivity index is 2.25. The largest absolute Gasteiger partial charge is 0.399 e. The average molecular weight is 308 g/mol. The Kier molecular flexibility index (Phi) is 3.92. The molecule has 1 aromatic heterocycles. The van der Waals surface area contributed by atoms with Gasteiger partial charge in [-0.15, -0.1) is 11.3 Å². The zero-order chi connectivity index (χ0) is 14.8. The normalized spacial score (nSPS) is 12.6. The van der Waals surface area contributed by atoms with Gasteiger partial charge in [0.25, 0.3) is 10.0 Å². The van der Waals surface area contributed by atoms with Crippen LogP contribution < -0.4 is 10.5 Å². The molecule has 6 nitrogen and oxygen atoms in total. The molecule has 104 valence electrons. The van der Waals surface area contributed by atoms with Crippen LogP contribution in [0.5, 0.6) is 0 Å². The number of benzene rings is 1. The molecule has 1 atom stereocenters. The SMILES string of the molecule is CC(C#N)S(=O)(=O)Nc1nc(-c2cccc(N)c2)cs1. The summed E-state index contributed by atoms with van der Waals surface area (Å²) >= 11 is 1.15. The predicted octanol–water partition coefficient (Wildman–Crippen LogP) is 2.05. The number of nitrogens with one attached hydrogen (secondary N) is 1. The van der Waals surface area contributed by atoms with Crippen LogP contribution in [0.15, 0.2) is 29.6 Å². The van der Waals surface area contributed by atoms with Crippen molar-refractivity contribution in [1.29, 1.82) is 5.26 Å². The van der Waals surface area contributed by atoms with Crippen molar-refractivity contribution in [2.24, 2.45) is 0 Å². The van der Waals surface area contributed by atoms with Crippen molar-refractivity contribution in [1.82, 2.24) is 4.98 Å². The van der Waals surface area contributed by atoms with Crippen LogP contribution in [0, 0.1) is 11.3 Å². The monoisotopic (exact) mass is 308 g/mol. The van der Waals surface area contributed by atoms with Crippen LogP contribution in [0.25, 0.3) is 11.3 Å². The van der Waals surface area contributed by atoms with Crippen LogP contribution in [-0.2, 0) is 10.0 Å². The Hall–Kier alpha value is -2.11. The van der Waals surface area contributed by atoms with Crippen LogP contribution in [0.3, 0.4) is 0 Å². The number of sulfonamides is 1. The topological polar surface area (TPSA) is 109 Å². The van der Waals surface area contributed by atoms with Crippen molar-refractivity contribution in [3.63, 3.8) is 0 Å². The van der Waals surface area contributed by atoms with Crippen LogP contribution >= 0.6 is 11.3 Å². The van der Waals surface area contributed by atoms with E-state index < -0.39 is 15.3 Å². The molecule has 0 radical (unpaired) electrons. The summed E-state index contributed by atoms with van der Waals surface area (Å²) in [5.74, 6) is 0. The molecule has 0 aliphatic carbocycles. The maximum atomic E-state index is 11.7. The van der Waals surface area contributed by atoms with E-state index in [1.807, 2.05) is 6.07 Å². The lowest BCUT2D eigenvalue weighted by molar-refractivity contribution is 0.597. The number of rotatable bonds is 4. The van der Waals surface area contributed by atoms with Crippen molar-refractivity contribution < 1.29 is 8.42 Å². The lowest BCUT2D eigenvalue weighted by Gasteiger charge is -2.05. The molecular formula is C12H12N4O2S2. The summed E-state index contributed by atoms with van der Waals surface area (Å²) in [5.41, 5.74) is 7.73. The fourth-order valence-electron chi connectivity index (χ4n) is 1.43. The number of anilines is 2. The number of nitrogen functional groups attached to an aromatic ring is 1. The molecule has 0 fully saturated rings. The Bertz CT molecular complexity index is 762. The quantitative estimate of drug-likeness (QED) is 0.840. The highest BCUT2D eigenvalue weighted by Gasteiger charge is 2.21. The molecule has 20 heavy (non-hydrogen) atoms. The highest BCUT2D eigenvalue weighted by atomic mass is 32.2. The maximum Gasteiger partial charge on any atom is 0.250 e. The molecule has 0 bridgehead atoms. The highest BCUT2D eigenvalue weighted by molar-refractivity contribution is 7.93. The lowest BCUT2D eigenvalue weighted by atomic mass is 10.1. The minimum absolute atomic E-state index is 0.226. The van der Waals surface area contributed by atoms with Gasteiger partial charge in [-0.25, -0.2) is 13.4 Å². The summed E-state index contributed by atoms with van der Waals surface area (Å²) in [6.45, 7) is 1.31. The van der Waals surface area contributed by atoms with Gasteiger partial charge in [0, 0.05) is 16.6 Å². The summed E-state index contributed by atoms with van der Waals surface area (Å²) in [4.78, 5) is 4.19. The first-order chi connectivity index (χ1) is 9.42. The van der Waals surface area contributed by atoms with Crippen LogP contribution in [0.1, 0.15) is 6.92 Å². The molecule has 3 N–H and O–H groups in total. The Labute approximate surface area is 120 Å². The molecule has 0 aliphatic rings. The van der Waals surface area contributed by atoms with Gasteiger partial charge in [0.05, 0.1) is 11.8 Å². The van der Waals surface area contributed by atoms with E-state index in [0.29, 0.717) is 11.4 Å². The van der Waals surface area contributed by atoms with Gasteiger partial charge in [-0.1, -0.05) is 12.1 Å². The first-order valence-corrected chi connectivity index (χ1v) is 8.07. The Morgan fingerprint density at radius 2 is 2.25 bits per heavy atom. The van der Waals surface area contributed by atoms with Gasteiger partial charge in [-0.2, -0.15) is 5.26 Å². The van der Waals surface area contributed by atoms with Gasteiger partial charge >= 0.3 is 0 Å². The number of hydrogen-bond acceptors (Lipinski definition) is 6. The molecule has 0 aliphatic heterocycles. The van der Waals surface area contributed by atoms with E-state index in [0.717, 1.165) is 16.9 Å². The standard InChI is InChI=1S/C12H12N4O2S2/c1-8(6-13)20(17,18)16-12-15-11(7-19-12)9-3-2-4-10(14)5-9/h2-5,7-8H,14H2,1H3,(H,15,16). The minimum Gasteiger partial charge on any atom is -0.399 e. The third kappa shape index (κ3) is 3.07. The van der Waals surface area contributed by atoms with Gasteiger partial charge in [0.1, 0.15) is 0 Å². The smallest absolute Gasteiger partial charge is 0.250 e. The average Bonchev–Trinajstić information content (AvgIpc) is 2.85. The van der Waals surface area contributed by atoms with E-state index in [1.165, 1.54) is 6.92 Å². The highest BCUT2D eigenvalue weighted by Crippen LogP contribution is 2.26. The number of hydrogen-bond donors (Lipinski definition) is 2. The summed E-state index contributed by atoms with van der Waals surface area (Å²) in [6, 6.07) is 8.83. The summed E-state index contributed by atoms with van der Waals surface area (Å²) < 4.78 is 25.8. The van der Waals surface area contributed by atoms with Crippen molar-refractivity contribution >= 4 is 32.2 Å². The molecule has 2 rings (SSSR count). The molecule has 1 unspecified atom stereocenters. The summed E-state index contributed by atoms with van der Waals surface area (Å²) in [6.07, 6.45) is 0. The van der Waals surface area contributed by atoms with Crippen molar-refractivity contribution in [2.75, 3.05) is 10.5 Å². The van der Waals surface area contributed by atoms with Gasteiger partial charge in [-0.05, 0) is 19.1 Å². The number of nitriles is 1. The van der Waals surface area contributed by atoms with E-state index in [1.54, 1.807) is 29.6 Å². The van der Waals surface area contributed by atoms with Crippen molar-refractivity contribution in [3.05, 3.63) is 29.6 Å². The second-order valence-electron chi connectivity index (χ2n) is 4.08. The van der Waals surface area contributed by atoms with Gasteiger partial charge in [0.2, 0.25) is 0 Å². The fraction of sp³-hybridized carbons (Fsp3) is 0.167. The maximum absolute atomic E-state index is 11.7. The first kappa shape index (κ1) is 14.3. The van der Waals surface area contributed by atoms with Gasteiger partial charge in [0.15, 0.2) is 10.4 Å². The molecule has 8 heteroatoms. The van der Waals surface area contributed by atoms with Crippen LogP contribution in [0.2, 0.25) is 0 Å². The van der Waals surface area contributed by atoms with Gasteiger partial charge < -0.3 is 5.73 Å². The van der Waals surface area contributed by atoms with E-state index in [2.05, 4.69) is 9.71 Å². The third-order valence-electron chi connectivity index (χ3n) is 2.56. The lowest BCUT2D eigenvalue weighted by Crippen LogP contribution is -2.23. The molecule has 0 amide bonds. The Morgan fingerprint density at radius 3 is 2.90 bits per heavy atom. The number of thiazole rings is 1. The van der Waals surface area contributed by atoms with E-state index in [-0.39, 0.29) is 5.13 Å². The predicted molar refractivity (Wildman–Crippen MR) is 79.6 cm³/mol. The molecule has 1 heterocycles. The van der Waals surface area contributed by atoms with Crippen LogP contribution in [-0.4, -0.2) is 18.7 Å². The molecule has 0 saturated carbocycles. The third-order valence-corrected chi connectivity index (χ3v) is 4.96. The molecule has 1 aromatic carbocycles. The van der Waals surface area contributed by atoms with E-state index in [9.17, 15) is 8.42 Å². The number of aromatic nitrogens is 1. The molecule has 0 saturated heterocycles. The second kappa shape index (κ2) is 5.48. The van der Waals surface area contributed by atoms with Crippen molar-refractivity contribution in [3.8, 4) is 17.3 Å². The number of nitrogens with zero attached hydrogens (tertiary/aromatic N) is 2. The van der Waals surface area contributed by atoms with Crippen molar-refractivity contribution in [2.45, 2.75) is 12.2 Å². The fourth-order valence-corrected chi connectivity index (χ4v) is 3.14. The summed E-state index contributed by atoms with van der Waals surface area (Å²) in [5, 5.41) is 9.48. The van der Waals surface area contributed by atoms with E-state index in [4.69, 9.17) is 11.0 Å². The van der Waals surface area contributed by atoms with E-state index >= 15 is 0 Å².